The van der Waals surface area contributed by atoms with E-state index in [9.17, 15) is 15.0 Å². The monoisotopic (exact) mass is 346 g/mol. The molecular weight excluding hydrogens is 316 g/mol. The van der Waals surface area contributed by atoms with Gasteiger partial charge in [-0.25, -0.2) is 0 Å². The van der Waals surface area contributed by atoms with Gasteiger partial charge in [-0.15, -0.1) is 0 Å². The van der Waals surface area contributed by atoms with Crippen molar-refractivity contribution >= 4 is 5.78 Å². The number of aliphatic hydroxyl groups is 1. The Hall–Kier alpha value is -1.55. The molecule has 1 aromatic rings. The van der Waals surface area contributed by atoms with Crippen molar-refractivity contribution in [3.05, 3.63) is 22.8 Å². The molecule has 0 aliphatic heterocycles. The normalized spacial score (nSPS) is 31.6. The maximum absolute atomic E-state index is 12.6. The molecule has 3 unspecified atom stereocenters. The van der Waals surface area contributed by atoms with E-state index in [0.717, 1.165) is 35.3 Å². The molecule has 4 nitrogen and oxygen atoms in total. The Kier molecular flexibility index (Phi) is 4.39. The van der Waals surface area contributed by atoms with Crippen LogP contribution in [0.25, 0.3) is 0 Å². The van der Waals surface area contributed by atoms with Gasteiger partial charge in [-0.3, -0.25) is 4.79 Å². The van der Waals surface area contributed by atoms with Crippen molar-refractivity contribution in [2.45, 2.75) is 64.7 Å². The molecule has 0 aromatic heterocycles. The largest absolute Gasteiger partial charge is 0.508 e. The third-order valence-corrected chi connectivity index (χ3v) is 6.84. The van der Waals surface area contributed by atoms with Gasteiger partial charge >= 0.3 is 0 Å². The first-order valence-corrected chi connectivity index (χ1v) is 9.28. The molecule has 0 radical (unpaired) electrons. The number of phenols is 1. The van der Waals surface area contributed by atoms with Crippen LogP contribution < -0.4 is 4.74 Å². The van der Waals surface area contributed by atoms with Gasteiger partial charge in [-0.2, -0.15) is 0 Å². The highest BCUT2D eigenvalue weighted by molar-refractivity contribution is 5.86. The number of fused-ring (bicyclic) bond motifs is 3. The van der Waals surface area contributed by atoms with Crippen molar-refractivity contribution in [3.8, 4) is 11.5 Å². The van der Waals surface area contributed by atoms with Crippen LogP contribution in [0.5, 0.6) is 11.5 Å². The van der Waals surface area contributed by atoms with E-state index >= 15 is 0 Å². The molecule has 2 aliphatic carbocycles. The molecule has 3 atom stereocenters. The number of aromatic hydroxyl groups is 1. The first-order valence-electron chi connectivity index (χ1n) is 9.28. The predicted octanol–water partition coefficient (Wildman–Crippen LogP) is 3.71. The summed E-state index contributed by atoms with van der Waals surface area (Å²) >= 11 is 0. The number of Topliss-reactive ketones (excluding diaryl/α,β-unsaturated/α-hetero) is 1. The lowest BCUT2D eigenvalue weighted by molar-refractivity contribution is -0.142. The van der Waals surface area contributed by atoms with Crippen LogP contribution in [0, 0.1) is 11.3 Å². The number of benzene rings is 1. The van der Waals surface area contributed by atoms with Gasteiger partial charge in [0.2, 0.25) is 0 Å². The number of hydrogen-bond acceptors (Lipinski definition) is 4. The van der Waals surface area contributed by atoms with Crippen molar-refractivity contribution in [3.63, 3.8) is 0 Å². The van der Waals surface area contributed by atoms with Crippen LogP contribution in [0.15, 0.2) is 6.07 Å². The number of carbonyl (C=O) groups excluding carboxylic acids is 1. The van der Waals surface area contributed by atoms with Crippen LogP contribution in [0.3, 0.4) is 0 Å². The Morgan fingerprint density at radius 1 is 1.32 bits per heavy atom. The molecule has 138 valence electrons. The SMILES string of the molecule is COc1c(C(C)C)cc(O)c2c1CCC1C(C)(CO)C(=O)CCC21C. The quantitative estimate of drug-likeness (QED) is 0.876. The fourth-order valence-corrected chi connectivity index (χ4v) is 5.43. The van der Waals surface area contributed by atoms with Gasteiger partial charge in [-0.1, -0.05) is 27.7 Å². The summed E-state index contributed by atoms with van der Waals surface area (Å²) in [5, 5.41) is 20.9. The lowest BCUT2D eigenvalue weighted by atomic mass is 9.49. The smallest absolute Gasteiger partial charge is 0.141 e. The number of carbonyl (C=O) groups is 1. The van der Waals surface area contributed by atoms with Crippen LogP contribution in [-0.4, -0.2) is 29.7 Å². The zero-order chi connectivity index (χ0) is 18.6. The molecule has 0 saturated heterocycles. The summed E-state index contributed by atoms with van der Waals surface area (Å²) < 4.78 is 5.76. The lowest BCUT2D eigenvalue weighted by Crippen LogP contribution is -2.55. The van der Waals surface area contributed by atoms with E-state index in [-0.39, 0.29) is 29.6 Å². The van der Waals surface area contributed by atoms with Crippen molar-refractivity contribution in [1.82, 2.24) is 0 Å². The van der Waals surface area contributed by atoms with Crippen LogP contribution in [0.2, 0.25) is 0 Å². The van der Waals surface area contributed by atoms with Gasteiger partial charge in [0.1, 0.15) is 17.3 Å². The molecule has 3 rings (SSSR count). The summed E-state index contributed by atoms with van der Waals surface area (Å²) in [4.78, 5) is 12.6. The van der Waals surface area contributed by atoms with Gasteiger partial charge < -0.3 is 14.9 Å². The Bertz CT molecular complexity index is 708. The minimum Gasteiger partial charge on any atom is -0.508 e. The van der Waals surface area contributed by atoms with Gasteiger partial charge in [-0.05, 0) is 37.2 Å². The molecule has 0 heterocycles. The summed E-state index contributed by atoms with van der Waals surface area (Å²) in [6.45, 7) is 8.09. The van der Waals surface area contributed by atoms with E-state index in [4.69, 9.17) is 4.74 Å². The Labute approximate surface area is 150 Å². The molecule has 2 N–H and O–H groups in total. The van der Waals surface area contributed by atoms with E-state index in [2.05, 4.69) is 20.8 Å². The van der Waals surface area contributed by atoms with E-state index < -0.39 is 5.41 Å². The average molecular weight is 346 g/mol. The standard InChI is InChI=1S/C21H30O4/c1-12(2)14-10-15(23)18-13(19(14)25-5)6-7-16-20(18,3)9-8-17(24)21(16,4)11-22/h10,12,16,22-23H,6-9,11H2,1-5H3. The van der Waals surface area contributed by atoms with Gasteiger partial charge in [0, 0.05) is 28.5 Å². The highest BCUT2D eigenvalue weighted by atomic mass is 16.5. The molecule has 4 heteroatoms. The number of methoxy groups -OCH3 is 1. The second-order valence-electron chi connectivity index (χ2n) is 8.53. The van der Waals surface area contributed by atoms with Gasteiger partial charge in [0.05, 0.1) is 19.1 Å². The highest BCUT2D eigenvalue weighted by Gasteiger charge is 2.56. The molecule has 1 fully saturated rings. The molecule has 0 amide bonds. The zero-order valence-electron chi connectivity index (χ0n) is 16.0. The summed E-state index contributed by atoms with van der Waals surface area (Å²) in [6, 6.07) is 1.84. The maximum Gasteiger partial charge on any atom is 0.141 e. The van der Waals surface area contributed by atoms with Crippen LogP contribution >= 0.6 is 0 Å². The van der Waals surface area contributed by atoms with Crippen LogP contribution in [-0.2, 0) is 16.6 Å². The van der Waals surface area contributed by atoms with Gasteiger partial charge in [0.15, 0.2) is 0 Å². The average Bonchev–Trinajstić information content (AvgIpc) is 2.57. The Morgan fingerprint density at radius 2 is 2.00 bits per heavy atom. The first-order chi connectivity index (χ1) is 11.7. The molecule has 0 spiro atoms. The summed E-state index contributed by atoms with van der Waals surface area (Å²) in [7, 11) is 1.69. The first kappa shape index (κ1) is 18.2. The van der Waals surface area contributed by atoms with Crippen molar-refractivity contribution in [2.75, 3.05) is 13.7 Å². The van der Waals surface area contributed by atoms with Crippen molar-refractivity contribution in [1.29, 1.82) is 0 Å². The number of aliphatic hydroxyl groups excluding tert-OH is 1. The third kappa shape index (κ3) is 2.41. The number of hydrogen-bond donors (Lipinski definition) is 2. The zero-order valence-corrected chi connectivity index (χ0v) is 16.0. The second-order valence-corrected chi connectivity index (χ2v) is 8.53. The van der Waals surface area contributed by atoms with E-state index in [1.54, 1.807) is 7.11 Å². The number of ether oxygens (including phenoxy) is 1. The summed E-state index contributed by atoms with van der Waals surface area (Å²) in [5.41, 5.74) is 1.97. The predicted molar refractivity (Wildman–Crippen MR) is 97.3 cm³/mol. The summed E-state index contributed by atoms with van der Waals surface area (Å²) in [5.74, 6) is 1.61. The number of phenolic OH excluding ortho intramolecular Hbond substituents is 1. The topological polar surface area (TPSA) is 66.8 Å². The Balaban J connectivity index is 2.24. The highest BCUT2D eigenvalue weighted by Crippen LogP contribution is 2.59. The fraction of sp³-hybridized carbons (Fsp3) is 0.667. The minimum absolute atomic E-state index is 0.0271. The van der Waals surface area contributed by atoms with E-state index in [1.807, 2.05) is 13.0 Å². The maximum atomic E-state index is 12.6. The van der Waals surface area contributed by atoms with Gasteiger partial charge in [0.25, 0.3) is 0 Å². The number of rotatable bonds is 3. The molecule has 1 saturated carbocycles. The van der Waals surface area contributed by atoms with Crippen LogP contribution in [0.4, 0.5) is 0 Å². The summed E-state index contributed by atoms with van der Waals surface area (Å²) in [6.07, 6.45) is 2.73. The molecule has 0 bridgehead atoms. The minimum atomic E-state index is -0.735. The van der Waals surface area contributed by atoms with E-state index in [1.165, 1.54) is 0 Å². The van der Waals surface area contributed by atoms with E-state index in [0.29, 0.717) is 18.6 Å². The molecular formula is C21H30O4. The van der Waals surface area contributed by atoms with Crippen molar-refractivity contribution < 1.29 is 19.7 Å². The molecule has 1 aromatic carbocycles. The second kappa shape index (κ2) is 6.01. The lowest BCUT2D eigenvalue weighted by Gasteiger charge is -2.54. The van der Waals surface area contributed by atoms with Crippen LogP contribution in [0.1, 0.15) is 69.6 Å². The number of ketones is 1. The fourth-order valence-electron chi connectivity index (χ4n) is 5.43. The third-order valence-electron chi connectivity index (χ3n) is 6.84. The molecule has 25 heavy (non-hydrogen) atoms. The molecule has 2 aliphatic rings. The Morgan fingerprint density at radius 3 is 2.56 bits per heavy atom. The van der Waals surface area contributed by atoms with Crippen molar-refractivity contribution in [2.24, 2.45) is 11.3 Å².